The van der Waals surface area contributed by atoms with Crippen LogP contribution in [0.25, 0.3) is 43.5 Å². The molecule has 0 amide bonds. The predicted octanol–water partition coefficient (Wildman–Crippen LogP) is 15.0. The smallest absolute Gasteiger partial charge is 0.136 e. The van der Waals surface area contributed by atoms with Gasteiger partial charge in [-0.25, -0.2) is 0 Å². The normalized spacial score (nSPS) is 14.4. The van der Waals surface area contributed by atoms with Crippen LogP contribution in [0, 0.1) is 26.7 Å². The molecule has 0 spiro atoms. The fourth-order valence-corrected chi connectivity index (χ4v) is 8.47. The number of nitrogens with zero attached hydrogens (tertiary/aromatic N) is 2. The Bertz CT molecular complexity index is 2750. The van der Waals surface area contributed by atoms with Crippen molar-refractivity contribution in [2.45, 2.75) is 53.9 Å². The summed E-state index contributed by atoms with van der Waals surface area (Å²) in [6.07, 6.45) is 7.74. The summed E-state index contributed by atoms with van der Waals surface area (Å²) in [5.41, 5.74) is 14.0. The Hall–Kier alpha value is -6.06. The van der Waals surface area contributed by atoms with E-state index in [0.717, 1.165) is 45.4 Å². The molecule has 0 aliphatic heterocycles. The molecule has 3 heteroatoms. The zero-order chi connectivity index (χ0) is 37.1. The van der Waals surface area contributed by atoms with Crippen LogP contribution in [-0.4, -0.2) is 0 Å². The number of fused-ring (bicyclic) bond motifs is 5. The molecule has 266 valence electrons. The molecule has 3 nitrogen and oxygen atoms in total. The molecule has 1 aliphatic rings. The first-order chi connectivity index (χ1) is 26.2. The average molecular weight is 703 g/mol. The van der Waals surface area contributed by atoms with Crippen molar-refractivity contribution < 1.29 is 4.42 Å². The summed E-state index contributed by atoms with van der Waals surface area (Å²) in [5, 5.41) is 7.11. The molecule has 0 saturated heterocycles. The predicted molar refractivity (Wildman–Crippen MR) is 231 cm³/mol. The van der Waals surface area contributed by atoms with Gasteiger partial charge in [0.15, 0.2) is 0 Å². The fourth-order valence-electron chi connectivity index (χ4n) is 8.47. The maximum atomic E-state index is 6.79. The van der Waals surface area contributed by atoms with E-state index in [-0.39, 0.29) is 5.92 Å². The molecule has 7 aromatic carbocycles. The Morgan fingerprint density at radius 2 is 1.13 bits per heavy atom. The van der Waals surface area contributed by atoms with Crippen LogP contribution in [-0.2, 0) is 0 Å². The molecular weight excluding hydrogens is 657 g/mol. The molecule has 1 unspecified atom stereocenters. The van der Waals surface area contributed by atoms with E-state index in [1.165, 1.54) is 60.9 Å². The van der Waals surface area contributed by atoms with E-state index in [2.05, 4.69) is 197 Å². The highest BCUT2D eigenvalue weighted by Gasteiger charge is 2.23. The summed E-state index contributed by atoms with van der Waals surface area (Å²) < 4.78 is 6.79. The van der Waals surface area contributed by atoms with Crippen molar-refractivity contribution in [3.63, 3.8) is 0 Å². The average Bonchev–Trinajstić information content (AvgIpc) is 3.49. The molecule has 0 bridgehead atoms. The molecule has 9 rings (SSSR count). The molecule has 0 radical (unpaired) electrons. The number of allylic oxidation sites excluding steroid dienone is 4. The highest BCUT2D eigenvalue weighted by atomic mass is 16.3. The highest BCUT2D eigenvalue weighted by Crippen LogP contribution is 2.45. The van der Waals surface area contributed by atoms with Gasteiger partial charge in [-0.15, -0.1) is 0 Å². The lowest BCUT2D eigenvalue weighted by atomic mass is 9.92. The SMILES string of the molecule is Cc1cccc(N(C2=CC=CC(C)C2)c2ccc3cc4c(cc3c2)oc2cc3c(C(C)C)c(N(c5cccc(C)c5)c5cccc(C)c5)ccc3cc24)c1. The molecule has 0 saturated carbocycles. The van der Waals surface area contributed by atoms with Crippen LogP contribution in [0.2, 0.25) is 0 Å². The van der Waals surface area contributed by atoms with E-state index >= 15 is 0 Å². The number of benzene rings is 7. The van der Waals surface area contributed by atoms with Gasteiger partial charge in [0.2, 0.25) is 0 Å². The second-order valence-electron chi connectivity index (χ2n) is 15.6. The zero-order valence-corrected chi connectivity index (χ0v) is 32.0. The van der Waals surface area contributed by atoms with E-state index in [0.29, 0.717) is 5.92 Å². The van der Waals surface area contributed by atoms with Gasteiger partial charge in [0, 0.05) is 39.2 Å². The van der Waals surface area contributed by atoms with Crippen molar-refractivity contribution in [3.05, 3.63) is 174 Å². The van der Waals surface area contributed by atoms with Crippen molar-refractivity contribution in [2.24, 2.45) is 5.92 Å². The monoisotopic (exact) mass is 702 g/mol. The van der Waals surface area contributed by atoms with Gasteiger partial charge in [-0.1, -0.05) is 81.5 Å². The quantitative estimate of drug-likeness (QED) is 0.165. The van der Waals surface area contributed by atoms with Crippen LogP contribution >= 0.6 is 0 Å². The third-order valence-corrected chi connectivity index (χ3v) is 11.0. The lowest BCUT2D eigenvalue weighted by Crippen LogP contribution is -2.19. The van der Waals surface area contributed by atoms with Crippen LogP contribution in [0.1, 0.15) is 55.4 Å². The lowest BCUT2D eigenvalue weighted by Gasteiger charge is -2.31. The number of aryl methyl sites for hydroxylation is 3. The van der Waals surface area contributed by atoms with Crippen LogP contribution in [0.3, 0.4) is 0 Å². The van der Waals surface area contributed by atoms with Gasteiger partial charge in [-0.3, -0.25) is 0 Å². The van der Waals surface area contributed by atoms with E-state index in [9.17, 15) is 0 Å². The van der Waals surface area contributed by atoms with Gasteiger partial charge in [0.1, 0.15) is 11.2 Å². The van der Waals surface area contributed by atoms with Gasteiger partial charge < -0.3 is 14.2 Å². The molecule has 1 atom stereocenters. The topological polar surface area (TPSA) is 19.6 Å². The lowest BCUT2D eigenvalue weighted by molar-refractivity contribution is 0.670. The number of rotatable bonds is 7. The van der Waals surface area contributed by atoms with Crippen molar-refractivity contribution in [1.82, 2.24) is 0 Å². The molecular formula is C51H46N2O. The van der Waals surface area contributed by atoms with Crippen molar-refractivity contribution in [3.8, 4) is 0 Å². The van der Waals surface area contributed by atoms with Crippen LogP contribution in [0.5, 0.6) is 0 Å². The van der Waals surface area contributed by atoms with Gasteiger partial charge in [0.05, 0.1) is 5.69 Å². The molecule has 1 aromatic heterocycles. The first kappa shape index (κ1) is 33.8. The Kier molecular flexibility index (Phi) is 8.38. The minimum absolute atomic E-state index is 0.276. The standard InChI is InChI=1S/C51H46N2O/c1-32(2)51-45-31-50-47(29-38(45)20-22-48(51)53(42-17-9-13-35(5)25-42)43-18-10-14-36(6)26-43)46-28-37-19-21-44(27-39(37)30-49(46)54-50)52(40-15-7-11-33(3)23-40)41-16-8-12-34(4)24-41/h7-23,25-32,34H,24H2,1-6H3. The summed E-state index contributed by atoms with van der Waals surface area (Å²) in [7, 11) is 0. The van der Waals surface area contributed by atoms with Crippen molar-refractivity contribution in [2.75, 3.05) is 9.80 Å². The van der Waals surface area contributed by atoms with Crippen LogP contribution < -0.4 is 9.80 Å². The largest absolute Gasteiger partial charge is 0.456 e. The van der Waals surface area contributed by atoms with Gasteiger partial charge in [0.25, 0.3) is 0 Å². The van der Waals surface area contributed by atoms with E-state index < -0.39 is 0 Å². The Balaban J connectivity index is 1.20. The first-order valence-corrected chi connectivity index (χ1v) is 19.2. The summed E-state index contributed by atoms with van der Waals surface area (Å²) >= 11 is 0. The summed E-state index contributed by atoms with van der Waals surface area (Å²) in [6, 6.07) is 47.0. The minimum atomic E-state index is 0.276. The van der Waals surface area contributed by atoms with Gasteiger partial charge >= 0.3 is 0 Å². The number of hydrogen-bond acceptors (Lipinski definition) is 3. The Morgan fingerprint density at radius 1 is 0.556 bits per heavy atom. The summed E-state index contributed by atoms with van der Waals surface area (Å²) in [5.74, 6) is 0.765. The second-order valence-corrected chi connectivity index (χ2v) is 15.6. The molecule has 1 heterocycles. The van der Waals surface area contributed by atoms with E-state index in [4.69, 9.17) is 4.42 Å². The summed E-state index contributed by atoms with van der Waals surface area (Å²) in [6.45, 7) is 13.4. The minimum Gasteiger partial charge on any atom is -0.456 e. The Morgan fingerprint density at radius 3 is 1.74 bits per heavy atom. The van der Waals surface area contributed by atoms with Crippen LogP contribution in [0.4, 0.5) is 28.4 Å². The fraction of sp³-hybridized carbons (Fsp3) is 0.176. The maximum Gasteiger partial charge on any atom is 0.136 e. The molecule has 1 aliphatic carbocycles. The van der Waals surface area contributed by atoms with E-state index in [1.54, 1.807) is 0 Å². The van der Waals surface area contributed by atoms with Gasteiger partial charge in [-0.2, -0.15) is 0 Å². The first-order valence-electron chi connectivity index (χ1n) is 19.2. The van der Waals surface area contributed by atoms with Crippen molar-refractivity contribution >= 4 is 71.9 Å². The van der Waals surface area contributed by atoms with Crippen LogP contribution in [0.15, 0.2) is 156 Å². The highest BCUT2D eigenvalue weighted by molar-refractivity contribution is 6.14. The summed E-state index contributed by atoms with van der Waals surface area (Å²) in [4.78, 5) is 4.84. The van der Waals surface area contributed by atoms with Gasteiger partial charge in [-0.05, 0) is 168 Å². The van der Waals surface area contributed by atoms with Crippen molar-refractivity contribution in [1.29, 1.82) is 0 Å². The molecule has 0 N–H and O–H groups in total. The zero-order valence-electron chi connectivity index (χ0n) is 32.0. The maximum absolute atomic E-state index is 6.79. The number of anilines is 5. The number of furan rings is 1. The number of hydrogen-bond donors (Lipinski definition) is 0. The Labute approximate surface area is 318 Å². The third kappa shape index (κ3) is 6.04. The molecule has 54 heavy (non-hydrogen) atoms. The third-order valence-electron chi connectivity index (χ3n) is 11.0. The molecule has 0 fully saturated rings. The second kappa shape index (κ2) is 13.4. The van der Waals surface area contributed by atoms with E-state index in [1.807, 2.05) is 0 Å². The molecule has 8 aromatic rings.